The molecule has 0 radical (unpaired) electrons. The number of hydrogen-bond donors (Lipinski definition) is 1. The van der Waals surface area contributed by atoms with Gasteiger partial charge in [0.2, 0.25) is 0 Å². The van der Waals surface area contributed by atoms with E-state index in [0.29, 0.717) is 5.69 Å². The van der Waals surface area contributed by atoms with Gasteiger partial charge < -0.3 is 5.73 Å². The van der Waals surface area contributed by atoms with Crippen molar-refractivity contribution in [2.24, 2.45) is 0 Å². The predicted molar refractivity (Wildman–Crippen MR) is 47.6 cm³/mol. The SMILES string of the molecule is CCn1nc2cccc(N)c2n1. The zero-order valence-electron chi connectivity index (χ0n) is 6.86. The maximum atomic E-state index is 5.71. The first-order valence-corrected chi connectivity index (χ1v) is 3.90. The van der Waals surface area contributed by atoms with Crippen molar-refractivity contribution in [1.29, 1.82) is 0 Å². The molecule has 0 bridgehead atoms. The molecule has 0 saturated carbocycles. The minimum Gasteiger partial charge on any atom is -0.397 e. The Labute approximate surface area is 70.0 Å². The van der Waals surface area contributed by atoms with Crippen molar-refractivity contribution >= 4 is 16.7 Å². The van der Waals surface area contributed by atoms with E-state index in [1.54, 1.807) is 4.80 Å². The van der Waals surface area contributed by atoms with Crippen molar-refractivity contribution in [2.75, 3.05) is 5.73 Å². The fraction of sp³-hybridized carbons (Fsp3) is 0.250. The molecule has 0 atom stereocenters. The monoisotopic (exact) mass is 162 g/mol. The predicted octanol–water partition coefficient (Wildman–Crippen LogP) is 1.03. The van der Waals surface area contributed by atoms with Gasteiger partial charge in [0.15, 0.2) is 0 Å². The summed E-state index contributed by atoms with van der Waals surface area (Å²) in [5.41, 5.74) is 8.04. The Hall–Kier alpha value is -1.58. The zero-order valence-corrected chi connectivity index (χ0v) is 6.86. The highest BCUT2D eigenvalue weighted by Crippen LogP contribution is 2.15. The summed E-state index contributed by atoms with van der Waals surface area (Å²) in [6.45, 7) is 2.77. The summed E-state index contributed by atoms with van der Waals surface area (Å²) < 4.78 is 0. The fourth-order valence-corrected chi connectivity index (χ4v) is 1.14. The molecule has 12 heavy (non-hydrogen) atoms. The van der Waals surface area contributed by atoms with Crippen molar-refractivity contribution in [3.05, 3.63) is 18.2 Å². The van der Waals surface area contributed by atoms with E-state index in [-0.39, 0.29) is 0 Å². The molecule has 0 saturated heterocycles. The van der Waals surface area contributed by atoms with Crippen LogP contribution in [0.4, 0.5) is 5.69 Å². The molecule has 0 amide bonds. The van der Waals surface area contributed by atoms with Crippen LogP contribution in [0, 0.1) is 0 Å². The van der Waals surface area contributed by atoms with Crippen LogP contribution in [0.15, 0.2) is 18.2 Å². The molecule has 0 fully saturated rings. The number of hydrogen-bond acceptors (Lipinski definition) is 3. The van der Waals surface area contributed by atoms with Gasteiger partial charge >= 0.3 is 0 Å². The minimum absolute atomic E-state index is 0.687. The van der Waals surface area contributed by atoms with E-state index in [9.17, 15) is 0 Å². The number of anilines is 1. The molecule has 1 heterocycles. The Balaban J connectivity index is 2.74. The molecule has 0 spiro atoms. The summed E-state index contributed by atoms with van der Waals surface area (Å²) in [4.78, 5) is 1.64. The Morgan fingerprint density at radius 1 is 1.42 bits per heavy atom. The van der Waals surface area contributed by atoms with Gasteiger partial charge in [-0.15, -0.1) is 0 Å². The second-order valence-corrected chi connectivity index (χ2v) is 2.60. The molecule has 4 heteroatoms. The first kappa shape index (κ1) is 7.09. The van der Waals surface area contributed by atoms with Crippen LogP contribution in [0.25, 0.3) is 11.0 Å². The zero-order chi connectivity index (χ0) is 8.55. The summed E-state index contributed by atoms with van der Waals surface area (Å²) in [5.74, 6) is 0. The van der Waals surface area contributed by atoms with Gasteiger partial charge in [-0.2, -0.15) is 15.0 Å². The van der Waals surface area contributed by atoms with E-state index in [1.807, 2.05) is 25.1 Å². The van der Waals surface area contributed by atoms with Crippen molar-refractivity contribution < 1.29 is 0 Å². The van der Waals surface area contributed by atoms with Gasteiger partial charge in [0.25, 0.3) is 0 Å². The highest BCUT2D eigenvalue weighted by molar-refractivity contribution is 5.85. The van der Waals surface area contributed by atoms with E-state index >= 15 is 0 Å². The molecule has 0 aliphatic heterocycles. The second kappa shape index (κ2) is 2.48. The van der Waals surface area contributed by atoms with Gasteiger partial charge in [0, 0.05) is 0 Å². The van der Waals surface area contributed by atoms with E-state index < -0.39 is 0 Å². The van der Waals surface area contributed by atoms with Gasteiger partial charge in [0.05, 0.1) is 12.2 Å². The number of nitrogens with zero attached hydrogens (tertiary/aromatic N) is 3. The lowest BCUT2D eigenvalue weighted by atomic mass is 10.3. The van der Waals surface area contributed by atoms with Crippen LogP contribution in [0.2, 0.25) is 0 Å². The van der Waals surface area contributed by atoms with Crippen LogP contribution in [0.1, 0.15) is 6.92 Å². The smallest absolute Gasteiger partial charge is 0.136 e. The standard InChI is InChI=1S/C8H10N4/c1-2-12-10-7-5-3-4-6(9)8(7)11-12/h3-5H,2,9H2,1H3. The molecule has 2 rings (SSSR count). The van der Waals surface area contributed by atoms with Crippen LogP contribution >= 0.6 is 0 Å². The molecule has 4 nitrogen and oxygen atoms in total. The molecule has 2 aromatic rings. The van der Waals surface area contributed by atoms with E-state index in [4.69, 9.17) is 5.73 Å². The number of rotatable bonds is 1. The molecule has 0 aliphatic carbocycles. The van der Waals surface area contributed by atoms with Gasteiger partial charge in [-0.3, -0.25) is 0 Å². The lowest BCUT2D eigenvalue weighted by Crippen LogP contribution is -1.97. The van der Waals surface area contributed by atoms with Crippen molar-refractivity contribution in [1.82, 2.24) is 15.0 Å². The van der Waals surface area contributed by atoms with E-state index in [0.717, 1.165) is 17.6 Å². The highest BCUT2D eigenvalue weighted by Gasteiger charge is 2.02. The number of nitrogens with two attached hydrogens (primary N) is 1. The largest absolute Gasteiger partial charge is 0.397 e. The van der Waals surface area contributed by atoms with Crippen LogP contribution in [0.3, 0.4) is 0 Å². The summed E-state index contributed by atoms with van der Waals surface area (Å²) >= 11 is 0. The molecule has 1 aromatic carbocycles. The normalized spacial score (nSPS) is 10.8. The van der Waals surface area contributed by atoms with E-state index in [2.05, 4.69) is 10.2 Å². The first-order chi connectivity index (χ1) is 5.81. The Kier molecular flexibility index (Phi) is 1.46. The number of benzene rings is 1. The number of aromatic nitrogens is 3. The first-order valence-electron chi connectivity index (χ1n) is 3.90. The maximum Gasteiger partial charge on any atom is 0.136 e. The van der Waals surface area contributed by atoms with Crippen LogP contribution in [-0.2, 0) is 6.54 Å². The van der Waals surface area contributed by atoms with Crippen molar-refractivity contribution in [3.8, 4) is 0 Å². The lowest BCUT2D eigenvalue weighted by Gasteiger charge is -1.89. The molecule has 2 N–H and O–H groups in total. The number of nitrogen functional groups attached to an aromatic ring is 1. The average molecular weight is 162 g/mol. The van der Waals surface area contributed by atoms with Gasteiger partial charge in [-0.1, -0.05) is 6.07 Å². The van der Waals surface area contributed by atoms with Gasteiger partial charge in [-0.25, -0.2) is 0 Å². The van der Waals surface area contributed by atoms with Crippen LogP contribution in [0.5, 0.6) is 0 Å². The summed E-state index contributed by atoms with van der Waals surface area (Å²) in [5, 5.41) is 8.43. The van der Waals surface area contributed by atoms with Crippen molar-refractivity contribution in [3.63, 3.8) is 0 Å². The highest BCUT2D eigenvalue weighted by atomic mass is 15.5. The average Bonchev–Trinajstić information content (AvgIpc) is 2.49. The Morgan fingerprint density at radius 3 is 2.92 bits per heavy atom. The molecular formula is C8H10N4. The third-order valence-corrected chi connectivity index (χ3v) is 1.77. The van der Waals surface area contributed by atoms with Crippen molar-refractivity contribution in [2.45, 2.75) is 13.5 Å². The van der Waals surface area contributed by atoms with Crippen LogP contribution < -0.4 is 5.73 Å². The summed E-state index contributed by atoms with van der Waals surface area (Å²) in [6.07, 6.45) is 0. The third-order valence-electron chi connectivity index (χ3n) is 1.77. The van der Waals surface area contributed by atoms with Crippen LogP contribution in [-0.4, -0.2) is 15.0 Å². The maximum absolute atomic E-state index is 5.71. The fourth-order valence-electron chi connectivity index (χ4n) is 1.14. The molecule has 0 unspecified atom stereocenters. The molecule has 1 aromatic heterocycles. The molecule has 62 valence electrons. The molecular weight excluding hydrogens is 152 g/mol. The quantitative estimate of drug-likeness (QED) is 0.637. The summed E-state index contributed by atoms with van der Waals surface area (Å²) in [6, 6.07) is 5.62. The Bertz CT molecular complexity index is 404. The number of aryl methyl sites for hydroxylation is 1. The molecule has 0 aliphatic rings. The second-order valence-electron chi connectivity index (χ2n) is 2.60. The van der Waals surface area contributed by atoms with Gasteiger partial charge in [0.1, 0.15) is 11.0 Å². The minimum atomic E-state index is 0.687. The summed E-state index contributed by atoms with van der Waals surface area (Å²) in [7, 11) is 0. The van der Waals surface area contributed by atoms with E-state index in [1.165, 1.54) is 0 Å². The van der Waals surface area contributed by atoms with Gasteiger partial charge in [-0.05, 0) is 19.1 Å². The topological polar surface area (TPSA) is 56.7 Å². The third kappa shape index (κ3) is 0.922. The lowest BCUT2D eigenvalue weighted by molar-refractivity contribution is 0.578. The Morgan fingerprint density at radius 2 is 2.25 bits per heavy atom. The number of fused-ring (bicyclic) bond motifs is 1.